The molecule has 4 aromatic rings. The van der Waals surface area contributed by atoms with Crippen LogP contribution in [0, 0.1) is 0 Å². The molecule has 0 unspecified atom stereocenters. The summed E-state index contributed by atoms with van der Waals surface area (Å²) in [6.07, 6.45) is 1.41. The summed E-state index contributed by atoms with van der Waals surface area (Å²) >= 11 is 5.89. The summed E-state index contributed by atoms with van der Waals surface area (Å²) in [5.74, 6) is -1.18. The molecule has 35 heavy (non-hydrogen) atoms. The van der Waals surface area contributed by atoms with Crippen LogP contribution in [0.5, 0.6) is 5.75 Å². The molecule has 0 atom stereocenters. The van der Waals surface area contributed by atoms with E-state index in [9.17, 15) is 14.4 Å². The van der Waals surface area contributed by atoms with Crippen LogP contribution in [0.1, 0.15) is 26.3 Å². The molecule has 0 bridgehead atoms. The van der Waals surface area contributed by atoms with Gasteiger partial charge < -0.3 is 10.1 Å². The van der Waals surface area contributed by atoms with Gasteiger partial charge in [0, 0.05) is 16.1 Å². The molecule has 8 heteroatoms. The molecule has 0 spiro atoms. The molecule has 0 saturated carbocycles. The van der Waals surface area contributed by atoms with E-state index in [0.29, 0.717) is 27.5 Å². The summed E-state index contributed by atoms with van der Waals surface area (Å²) in [6.45, 7) is -0.284. The van der Waals surface area contributed by atoms with Crippen molar-refractivity contribution in [3.8, 4) is 5.75 Å². The van der Waals surface area contributed by atoms with Crippen LogP contribution in [0.3, 0.4) is 0 Å². The number of ether oxygens (including phenoxy) is 1. The maximum Gasteiger partial charge on any atom is 0.343 e. The molecule has 0 aliphatic carbocycles. The molecule has 4 rings (SSSR count). The molecule has 0 fully saturated rings. The summed E-state index contributed by atoms with van der Waals surface area (Å²) in [6, 6.07) is 26.1. The van der Waals surface area contributed by atoms with Gasteiger partial charge in [-0.3, -0.25) is 9.59 Å². The van der Waals surface area contributed by atoms with Crippen molar-refractivity contribution in [2.45, 2.75) is 0 Å². The molecule has 7 nitrogen and oxygen atoms in total. The van der Waals surface area contributed by atoms with Gasteiger partial charge in [0.05, 0.1) is 18.3 Å². The van der Waals surface area contributed by atoms with E-state index in [1.165, 1.54) is 12.3 Å². The predicted molar refractivity (Wildman–Crippen MR) is 135 cm³/mol. The molecular weight excluding hydrogens is 466 g/mol. The Morgan fingerprint density at radius 2 is 1.60 bits per heavy atom. The Morgan fingerprint density at radius 1 is 0.857 bits per heavy atom. The second kappa shape index (κ2) is 11.1. The summed E-state index contributed by atoms with van der Waals surface area (Å²) < 4.78 is 5.62. The topological polar surface area (TPSA) is 96.9 Å². The number of halogens is 1. The minimum atomic E-state index is -0.528. The van der Waals surface area contributed by atoms with Crippen LogP contribution in [0.25, 0.3) is 10.8 Å². The first-order chi connectivity index (χ1) is 17.0. The first kappa shape index (κ1) is 23.7. The first-order valence-corrected chi connectivity index (χ1v) is 11.0. The third kappa shape index (κ3) is 6.10. The lowest BCUT2D eigenvalue weighted by atomic mass is 10.0. The van der Waals surface area contributed by atoms with E-state index in [4.69, 9.17) is 16.3 Å². The highest BCUT2D eigenvalue weighted by Gasteiger charge is 2.13. The molecule has 2 N–H and O–H groups in total. The number of amides is 2. The Bertz CT molecular complexity index is 1420. The van der Waals surface area contributed by atoms with E-state index in [0.717, 1.165) is 10.8 Å². The predicted octanol–water partition coefficient (Wildman–Crippen LogP) is 4.59. The van der Waals surface area contributed by atoms with Gasteiger partial charge in [-0.05, 0) is 47.2 Å². The molecule has 174 valence electrons. The van der Waals surface area contributed by atoms with Gasteiger partial charge in [0.25, 0.3) is 11.8 Å². The summed E-state index contributed by atoms with van der Waals surface area (Å²) in [4.78, 5) is 37.0. The molecule has 0 aliphatic heterocycles. The average molecular weight is 486 g/mol. The van der Waals surface area contributed by atoms with E-state index in [-0.39, 0.29) is 6.54 Å². The number of carbonyl (C=O) groups is 3. The van der Waals surface area contributed by atoms with Crippen molar-refractivity contribution < 1.29 is 19.1 Å². The number of hydrazone groups is 1. The number of esters is 1. The largest absolute Gasteiger partial charge is 0.422 e. The number of hydrogen-bond donors (Lipinski definition) is 2. The van der Waals surface area contributed by atoms with E-state index in [1.807, 2.05) is 36.4 Å². The summed E-state index contributed by atoms with van der Waals surface area (Å²) in [7, 11) is 0. The highest BCUT2D eigenvalue weighted by atomic mass is 35.5. The summed E-state index contributed by atoms with van der Waals surface area (Å²) in [5, 5.41) is 8.64. The smallest absolute Gasteiger partial charge is 0.343 e. The minimum Gasteiger partial charge on any atom is -0.422 e. The SMILES string of the molecule is O=C(CNC(=O)c1cccc(Cl)c1)N/N=C\c1c(OC(=O)c2ccccc2)ccc2ccccc12. The fourth-order valence-electron chi connectivity index (χ4n) is 3.33. The maximum absolute atomic E-state index is 12.6. The Kier molecular flexibility index (Phi) is 7.50. The normalized spacial score (nSPS) is 10.8. The fourth-order valence-corrected chi connectivity index (χ4v) is 3.52. The van der Waals surface area contributed by atoms with Crippen molar-refractivity contribution in [2.75, 3.05) is 6.54 Å². The van der Waals surface area contributed by atoms with Crippen LogP contribution in [0.2, 0.25) is 5.02 Å². The van der Waals surface area contributed by atoms with Gasteiger partial charge >= 0.3 is 5.97 Å². The fraction of sp³-hybridized carbons (Fsp3) is 0.0370. The van der Waals surface area contributed by atoms with Crippen molar-refractivity contribution in [3.63, 3.8) is 0 Å². The van der Waals surface area contributed by atoms with E-state index in [1.54, 1.807) is 48.5 Å². The zero-order chi connectivity index (χ0) is 24.6. The molecule has 0 radical (unpaired) electrons. The molecule has 2 amide bonds. The zero-order valence-corrected chi connectivity index (χ0v) is 19.2. The average Bonchev–Trinajstić information content (AvgIpc) is 2.88. The number of nitrogens with one attached hydrogen (secondary N) is 2. The second-order valence-electron chi connectivity index (χ2n) is 7.44. The first-order valence-electron chi connectivity index (χ1n) is 10.7. The quantitative estimate of drug-likeness (QED) is 0.173. The Hall–Kier alpha value is -4.49. The Morgan fingerprint density at radius 3 is 2.40 bits per heavy atom. The van der Waals surface area contributed by atoms with Crippen molar-refractivity contribution in [1.82, 2.24) is 10.7 Å². The van der Waals surface area contributed by atoms with Crippen LogP contribution >= 0.6 is 11.6 Å². The number of carbonyl (C=O) groups excluding carboxylic acids is 3. The number of fused-ring (bicyclic) bond motifs is 1. The molecule has 4 aromatic carbocycles. The van der Waals surface area contributed by atoms with E-state index < -0.39 is 17.8 Å². The van der Waals surface area contributed by atoms with Crippen molar-refractivity contribution in [1.29, 1.82) is 0 Å². The Labute approximate surface area is 206 Å². The minimum absolute atomic E-state index is 0.284. The second-order valence-corrected chi connectivity index (χ2v) is 7.88. The van der Waals surface area contributed by atoms with Crippen LogP contribution in [0.4, 0.5) is 0 Å². The van der Waals surface area contributed by atoms with Gasteiger partial charge in [0.1, 0.15) is 5.75 Å². The van der Waals surface area contributed by atoms with Crippen LogP contribution in [-0.2, 0) is 4.79 Å². The van der Waals surface area contributed by atoms with Crippen LogP contribution in [0.15, 0.2) is 96.1 Å². The van der Waals surface area contributed by atoms with Gasteiger partial charge in [-0.15, -0.1) is 0 Å². The highest BCUT2D eigenvalue weighted by molar-refractivity contribution is 6.31. The zero-order valence-electron chi connectivity index (χ0n) is 18.4. The van der Waals surface area contributed by atoms with Crippen molar-refractivity contribution in [3.05, 3.63) is 113 Å². The van der Waals surface area contributed by atoms with Crippen molar-refractivity contribution in [2.24, 2.45) is 5.10 Å². The molecular formula is C27H20ClN3O4. The molecule has 0 aliphatic rings. The monoisotopic (exact) mass is 485 g/mol. The van der Waals surface area contributed by atoms with Gasteiger partial charge in [0.2, 0.25) is 0 Å². The van der Waals surface area contributed by atoms with Crippen LogP contribution < -0.4 is 15.5 Å². The Balaban J connectivity index is 1.46. The summed E-state index contributed by atoms with van der Waals surface area (Å²) in [5.41, 5.74) is 3.65. The molecule has 0 heterocycles. The lowest BCUT2D eigenvalue weighted by Gasteiger charge is -2.10. The third-order valence-corrected chi connectivity index (χ3v) is 5.26. The van der Waals surface area contributed by atoms with Crippen molar-refractivity contribution >= 4 is 46.4 Å². The highest BCUT2D eigenvalue weighted by Crippen LogP contribution is 2.27. The van der Waals surface area contributed by atoms with E-state index >= 15 is 0 Å². The number of hydrogen-bond acceptors (Lipinski definition) is 5. The lowest BCUT2D eigenvalue weighted by Crippen LogP contribution is -2.34. The lowest BCUT2D eigenvalue weighted by molar-refractivity contribution is -0.120. The maximum atomic E-state index is 12.6. The van der Waals surface area contributed by atoms with E-state index in [2.05, 4.69) is 15.8 Å². The number of benzene rings is 4. The standard InChI is InChI=1S/C27H20ClN3O4/c28-21-11-6-10-20(15-21)26(33)29-17-25(32)31-30-16-23-22-12-5-4-7-18(22)13-14-24(23)35-27(34)19-8-2-1-3-9-19/h1-16H,17H2,(H,29,33)(H,31,32)/b30-16-. The van der Waals surface area contributed by atoms with Gasteiger partial charge in [-0.25, -0.2) is 10.2 Å². The number of nitrogens with zero attached hydrogens (tertiary/aromatic N) is 1. The van der Waals surface area contributed by atoms with Gasteiger partial charge in [-0.1, -0.05) is 66.2 Å². The van der Waals surface area contributed by atoms with Crippen LogP contribution in [-0.4, -0.2) is 30.5 Å². The van der Waals surface area contributed by atoms with Gasteiger partial charge in [0.15, 0.2) is 0 Å². The number of rotatable bonds is 7. The molecule has 0 saturated heterocycles. The molecule has 0 aromatic heterocycles. The van der Waals surface area contributed by atoms with Gasteiger partial charge in [-0.2, -0.15) is 5.10 Å². The third-order valence-electron chi connectivity index (χ3n) is 5.02.